The summed E-state index contributed by atoms with van der Waals surface area (Å²) in [4.78, 5) is 0. The lowest BCUT2D eigenvalue weighted by Gasteiger charge is -2.24. The maximum Gasteiger partial charge on any atom is -0.0129 e. The molecule has 112 valence electrons. The average Bonchev–Trinajstić information content (AvgIpc) is 2.37. The van der Waals surface area contributed by atoms with Crippen molar-refractivity contribution in [2.75, 3.05) is 0 Å². The molecule has 0 heteroatoms. The largest absolute Gasteiger partial charge is 0.0614 e. The van der Waals surface area contributed by atoms with E-state index in [0.717, 1.165) is 0 Å². The Kier molecular flexibility index (Phi) is 4.02. The van der Waals surface area contributed by atoms with Gasteiger partial charge in [0.25, 0.3) is 0 Å². The molecule has 0 aliphatic rings. The fraction of sp³-hybridized carbons (Fsp3) is 0.429. The summed E-state index contributed by atoms with van der Waals surface area (Å²) in [6, 6.07) is 15.7. The summed E-state index contributed by atoms with van der Waals surface area (Å²) in [7, 11) is 0. The van der Waals surface area contributed by atoms with Crippen molar-refractivity contribution in [2.45, 2.75) is 59.3 Å². The Hall–Kier alpha value is -1.56. The van der Waals surface area contributed by atoms with Crippen molar-refractivity contribution in [1.29, 1.82) is 0 Å². The van der Waals surface area contributed by atoms with Crippen LogP contribution in [0, 0.1) is 6.92 Å². The fourth-order valence-electron chi connectivity index (χ4n) is 2.91. The van der Waals surface area contributed by atoms with Gasteiger partial charge in [-0.05, 0) is 45.6 Å². The molecule has 0 N–H and O–H groups in total. The molecule has 2 rings (SSSR count). The summed E-state index contributed by atoms with van der Waals surface area (Å²) in [5.41, 5.74) is 7.27. The van der Waals surface area contributed by atoms with Crippen LogP contribution in [0.4, 0.5) is 0 Å². The molecule has 0 spiro atoms. The maximum absolute atomic E-state index is 2.34. The second kappa shape index (κ2) is 5.33. The molecule has 0 fully saturated rings. The van der Waals surface area contributed by atoms with Gasteiger partial charge in [-0.2, -0.15) is 0 Å². The van der Waals surface area contributed by atoms with Gasteiger partial charge in [0.2, 0.25) is 0 Å². The molecule has 0 unspecified atom stereocenters. The Labute approximate surface area is 130 Å². The lowest BCUT2D eigenvalue weighted by molar-refractivity contribution is 0.586. The van der Waals surface area contributed by atoms with Crippen LogP contribution in [0.2, 0.25) is 0 Å². The lowest BCUT2D eigenvalue weighted by Crippen LogP contribution is -2.13. The normalized spacial score (nSPS) is 12.5. The molecule has 0 aromatic heterocycles. The van der Waals surface area contributed by atoms with Gasteiger partial charge in [-0.1, -0.05) is 84.0 Å². The first-order valence-corrected chi connectivity index (χ1v) is 7.82. The Balaban J connectivity index is 2.58. The first kappa shape index (κ1) is 15.8. The first-order valence-electron chi connectivity index (χ1n) is 7.82. The second-order valence-electron chi connectivity index (χ2n) is 8.06. The summed E-state index contributed by atoms with van der Waals surface area (Å²) in [5, 5.41) is 0. The highest BCUT2D eigenvalue weighted by Gasteiger charge is 2.19. The van der Waals surface area contributed by atoms with Crippen LogP contribution in [-0.4, -0.2) is 0 Å². The third-order valence-corrected chi connectivity index (χ3v) is 4.18. The molecular weight excluding hydrogens is 252 g/mol. The molecule has 0 radical (unpaired) electrons. The Morgan fingerprint density at radius 2 is 1.33 bits per heavy atom. The monoisotopic (exact) mass is 280 g/mol. The number of hydrogen-bond acceptors (Lipinski definition) is 0. The maximum atomic E-state index is 2.34. The molecule has 21 heavy (non-hydrogen) atoms. The average molecular weight is 280 g/mol. The Morgan fingerprint density at radius 3 is 1.90 bits per heavy atom. The number of rotatable bonds is 1. The van der Waals surface area contributed by atoms with Crippen molar-refractivity contribution >= 4 is 0 Å². The standard InChI is InChI=1S/C21H28/c1-15-18(12-9-13-19(15)21(5,6)7)16-10-8-11-17(14-16)20(2,3)4/h8-14H,1-7H3. The Morgan fingerprint density at radius 1 is 0.714 bits per heavy atom. The minimum absolute atomic E-state index is 0.182. The highest BCUT2D eigenvalue weighted by atomic mass is 14.2. The summed E-state index contributed by atoms with van der Waals surface area (Å²) in [6.07, 6.45) is 0. The molecular formula is C21H28. The van der Waals surface area contributed by atoms with Crippen LogP contribution in [0.15, 0.2) is 42.5 Å². The van der Waals surface area contributed by atoms with E-state index in [9.17, 15) is 0 Å². The minimum atomic E-state index is 0.182. The van der Waals surface area contributed by atoms with E-state index in [1.807, 2.05) is 0 Å². The van der Waals surface area contributed by atoms with Gasteiger partial charge < -0.3 is 0 Å². The van der Waals surface area contributed by atoms with Crippen molar-refractivity contribution in [2.24, 2.45) is 0 Å². The van der Waals surface area contributed by atoms with Gasteiger partial charge in [0.05, 0.1) is 0 Å². The van der Waals surface area contributed by atoms with Gasteiger partial charge in [-0.25, -0.2) is 0 Å². The SMILES string of the molecule is Cc1c(-c2cccc(C(C)(C)C)c2)cccc1C(C)(C)C. The molecule has 2 aromatic rings. The van der Waals surface area contributed by atoms with Gasteiger partial charge in [0, 0.05) is 0 Å². The van der Waals surface area contributed by atoms with E-state index in [-0.39, 0.29) is 10.8 Å². The van der Waals surface area contributed by atoms with Crippen molar-refractivity contribution in [1.82, 2.24) is 0 Å². The number of hydrogen-bond donors (Lipinski definition) is 0. The van der Waals surface area contributed by atoms with Crippen molar-refractivity contribution in [3.05, 3.63) is 59.2 Å². The van der Waals surface area contributed by atoms with Gasteiger partial charge in [-0.15, -0.1) is 0 Å². The first-order chi connectivity index (χ1) is 9.60. The highest BCUT2D eigenvalue weighted by molar-refractivity contribution is 5.70. The quantitative estimate of drug-likeness (QED) is 0.578. The molecule has 0 saturated heterocycles. The molecule has 0 saturated carbocycles. The topological polar surface area (TPSA) is 0 Å². The van der Waals surface area contributed by atoms with E-state index in [0.29, 0.717) is 0 Å². The molecule has 0 heterocycles. The molecule has 0 bridgehead atoms. The zero-order chi connectivity index (χ0) is 15.8. The van der Waals surface area contributed by atoms with Crippen LogP contribution >= 0.6 is 0 Å². The third-order valence-electron chi connectivity index (χ3n) is 4.18. The van der Waals surface area contributed by atoms with Crippen LogP contribution in [0.1, 0.15) is 58.2 Å². The van der Waals surface area contributed by atoms with E-state index in [4.69, 9.17) is 0 Å². The summed E-state index contributed by atoms with van der Waals surface area (Å²) in [5.74, 6) is 0. The van der Waals surface area contributed by atoms with Crippen LogP contribution in [-0.2, 0) is 10.8 Å². The van der Waals surface area contributed by atoms with Gasteiger partial charge in [0.1, 0.15) is 0 Å². The van der Waals surface area contributed by atoms with Crippen molar-refractivity contribution in [3.63, 3.8) is 0 Å². The minimum Gasteiger partial charge on any atom is -0.0614 e. The van der Waals surface area contributed by atoms with Crippen LogP contribution in [0.5, 0.6) is 0 Å². The molecule has 0 amide bonds. The predicted octanol–water partition coefficient (Wildman–Crippen LogP) is 6.26. The van der Waals surface area contributed by atoms with Gasteiger partial charge >= 0.3 is 0 Å². The Bertz CT molecular complexity index is 634. The summed E-state index contributed by atoms with van der Waals surface area (Å²) in [6.45, 7) is 15.9. The fourth-order valence-corrected chi connectivity index (χ4v) is 2.91. The van der Waals surface area contributed by atoms with Gasteiger partial charge in [0.15, 0.2) is 0 Å². The van der Waals surface area contributed by atoms with Crippen molar-refractivity contribution in [3.8, 4) is 11.1 Å². The third kappa shape index (κ3) is 3.37. The smallest absolute Gasteiger partial charge is 0.0129 e. The molecule has 0 nitrogen and oxygen atoms in total. The highest BCUT2D eigenvalue weighted by Crippen LogP contribution is 2.34. The number of benzene rings is 2. The van der Waals surface area contributed by atoms with Crippen LogP contribution in [0.25, 0.3) is 11.1 Å². The molecule has 0 aliphatic carbocycles. The summed E-state index contributed by atoms with van der Waals surface area (Å²) < 4.78 is 0. The van der Waals surface area contributed by atoms with Crippen LogP contribution < -0.4 is 0 Å². The zero-order valence-corrected chi connectivity index (χ0v) is 14.5. The zero-order valence-electron chi connectivity index (χ0n) is 14.5. The molecule has 0 atom stereocenters. The van der Waals surface area contributed by atoms with E-state index in [1.165, 1.54) is 27.8 Å². The predicted molar refractivity (Wildman–Crippen MR) is 94.0 cm³/mol. The van der Waals surface area contributed by atoms with E-state index in [1.54, 1.807) is 0 Å². The van der Waals surface area contributed by atoms with Gasteiger partial charge in [-0.3, -0.25) is 0 Å². The summed E-state index contributed by atoms with van der Waals surface area (Å²) >= 11 is 0. The van der Waals surface area contributed by atoms with E-state index < -0.39 is 0 Å². The van der Waals surface area contributed by atoms with Crippen LogP contribution in [0.3, 0.4) is 0 Å². The second-order valence-corrected chi connectivity index (χ2v) is 8.06. The lowest BCUT2D eigenvalue weighted by atomic mass is 9.80. The molecule has 0 aliphatic heterocycles. The van der Waals surface area contributed by atoms with E-state index in [2.05, 4.69) is 90.9 Å². The van der Waals surface area contributed by atoms with E-state index >= 15 is 0 Å². The molecule has 2 aromatic carbocycles. The van der Waals surface area contributed by atoms with Crippen molar-refractivity contribution < 1.29 is 0 Å².